The molecule has 4 aromatic rings. The average molecular weight is 467 g/mol. The number of nitrogens with one attached hydrogen (secondary N) is 3. The standard InChI is InChI=1S/C28H30N6O/c35-28(33-25-12-4-7-19-6-1-2-11-23(19)25)32-22-10-3-8-20(16-22)21-9-5-15-34(17-21)27-24-13-14-29-26(24)30-18-31-27/h1-3,6,8,10-11,13-14,16,18,21,25H,4-5,7,9,12,15,17H2,(H,29,30,31)(H2,32,33,35). The van der Waals surface area contributed by atoms with Crippen LogP contribution in [-0.4, -0.2) is 34.1 Å². The topological polar surface area (TPSA) is 85.9 Å². The molecule has 7 heteroatoms. The summed E-state index contributed by atoms with van der Waals surface area (Å²) < 4.78 is 0. The van der Waals surface area contributed by atoms with Crippen LogP contribution in [0.4, 0.5) is 16.3 Å². The Labute approximate surface area is 205 Å². The number of benzene rings is 2. The Morgan fingerprint density at radius 3 is 2.94 bits per heavy atom. The number of amides is 2. The van der Waals surface area contributed by atoms with Crippen molar-refractivity contribution in [2.45, 2.75) is 44.1 Å². The van der Waals surface area contributed by atoms with Gasteiger partial charge in [-0.05, 0) is 67.0 Å². The van der Waals surface area contributed by atoms with E-state index in [9.17, 15) is 4.79 Å². The van der Waals surface area contributed by atoms with E-state index >= 15 is 0 Å². The summed E-state index contributed by atoms with van der Waals surface area (Å²) in [5.41, 5.74) is 5.53. The van der Waals surface area contributed by atoms with Gasteiger partial charge in [0, 0.05) is 30.9 Å². The zero-order valence-electron chi connectivity index (χ0n) is 19.7. The summed E-state index contributed by atoms with van der Waals surface area (Å²) in [5, 5.41) is 7.32. The first kappa shape index (κ1) is 21.6. The maximum atomic E-state index is 12.9. The molecule has 0 spiro atoms. The number of hydrogen-bond acceptors (Lipinski definition) is 4. The second-order valence-electron chi connectivity index (χ2n) is 9.59. The van der Waals surface area contributed by atoms with Gasteiger partial charge in [-0.25, -0.2) is 14.8 Å². The molecule has 2 unspecified atom stereocenters. The number of H-pyrrole nitrogens is 1. The lowest BCUT2D eigenvalue weighted by molar-refractivity contribution is 0.247. The number of carbonyl (C=O) groups is 1. The van der Waals surface area contributed by atoms with Gasteiger partial charge < -0.3 is 20.5 Å². The van der Waals surface area contributed by atoms with E-state index in [1.807, 2.05) is 24.4 Å². The Morgan fingerprint density at radius 2 is 1.97 bits per heavy atom. The average Bonchev–Trinajstić information content (AvgIpc) is 3.38. The number of nitrogens with zero attached hydrogens (tertiary/aromatic N) is 3. The highest BCUT2D eigenvalue weighted by molar-refractivity contribution is 5.90. The predicted molar refractivity (Wildman–Crippen MR) is 139 cm³/mol. The van der Waals surface area contributed by atoms with Crippen molar-refractivity contribution in [3.05, 3.63) is 83.8 Å². The van der Waals surface area contributed by atoms with Crippen LogP contribution in [0.15, 0.2) is 67.1 Å². The van der Waals surface area contributed by atoms with E-state index in [4.69, 9.17) is 0 Å². The monoisotopic (exact) mass is 466 g/mol. The molecule has 1 aliphatic carbocycles. The van der Waals surface area contributed by atoms with Crippen LogP contribution in [0.5, 0.6) is 0 Å². The summed E-state index contributed by atoms with van der Waals surface area (Å²) in [5.74, 6) is 1.37. The van der Waals surface area contributed by atoms with Crippen LogP contribution in [0.3, 0.4) is 0 Å². The fraction of sp³-hybridized carbons (Fsp3) is 0.321. The minimum Gasteiger partial charge on any atom is -0.355 e. The van der Waals surface area contributed by atoms with E-state index in [1.54, 1.807) is 6.33 Å². The molecular weight excluding hydrogens is 436 g/mol. The molecule has 2 aliphatic rings. The Kier molecular flexibility index (Phi) is 5.82. The van der Waals surface area contributed by atoms with Crippen molar-refractivity contribution in [3.8, 4) is 0 Å². The van der Waals surface area contributed by atoms with Crippen LogP contribution in [0, 0.1) is 0 Å². The van der Waals surface area contributed by atoms with Gasteiger partial charge in [0.15, 0.2) is 0 Å². The van der Waals surface area contributed by atoms with Crippen LogP contribution in [0.2, 0.25) is 0 Å². The van der Waals surface area contributed by atoms with Crippen molar-refractivity contribution in [1.29, 1.82) is 0 Å². The lowest BCUT2D eigenvalue weighted by atomic mass is 9.88. The van der Waals surface area contributed by atoms with Gasteiger partial charge in [0.05, 0.1) is 11.4 Å². The Hall–Kier alpha value is -3.87. The normalized spacial score (nSPS) is 19.8. The van der Waals surface area contributed by atoms with Crippen molar-refractivity contribution in [2.24, 2.45) is 0 Å². The van der Waals surface area contributed by atoms with E-state index in [2.05, 4.69) is 66.9 Å². The minimum absolute atomic E-state index is 0.0631. The number of aromatic amines is 1. The fourth-order valence-corrected chi connectivity index (χ4v) is 5.65. The number of aryl methyl sites for hydroxylation is 1. The van der Waals surface area contributed by atoms with Crippen LogP contribution in [-0.2, 0) is 6.42 Å². The molecule has 2 atom stereocenters. The number of aromatic nitrogens is 3. The van der Waals surface area contributed by atoms with Crippen LogP contribution >= 0.6 is 0 Å². The number of fused-ring (bicyclic) bond motifs is 2. The van der Waals surface area contributed by atoms with Crippen molar-refractivity contribution in [3.63, 3.8) is 0 Å². The molecule has 0 saturated carbocycles. The molecule has 0 bridgehead atoms. The number of hydrogen-bond donors (Lipinski definition) is 3. The first-order chi connectivity index (χ1) is 17.2. The first-order valence-corrected chi connectivity index (χ1v) is 12.5. The number of anilines is 2. The highest BCUT2D eigenvalue weighted by Crippen LogP contribution is 2.33. The first-order valence-electron chi connectivity index (χ1n) is 12.5. The summed E-state index contributed by atoms with van der Waals surface area (Å²) in [6, 6.07) is 18.7. The van der Waals surface area contributed by atoms with Gasteiger partial charge >= 0.3 is 6.03 Å². The lowest BCUT2D eigenvalue weighted by Crippen LogP contribution is -2.35. The Morgan fingerprint density at radius 1 is 1.03 bits per heavy atom. The molecule has 3 heterocycles. The van der Waals surface area contributed by atoms with Crippen LogP contribution in [0.25, 0.3) is 11.0 Å². The molecule has 7 nitrogen and oxygen atoms in total. The SMILES string of the molecule is O=C(Nc1cccc(C2CCCN(c3ncnc4[nH]ccc34)C2)c1)NC1CCCc2ccccc21. The molecule has 1 aliphatic heterocycles. The van der Waals surface area contributed by atoms with E-state index in [-0.39, 0.29) is 12.1 Å². The van der Waals surface area contributed by atoms with Crippen LogP contribution < -0.4 is 15.5 Å². The highest BCUT2D eigenvalue weighted by Gasteiger charge is 2.25. The quantitative estimate of drug-likeness (QED) is 0.369. The Bertz CT molecular complexity index is 1350. The maximum absolute atomic E-state index is 12.9. The number of piperidine rings is 1. The van der Waals surface area contributed by atoms with E-state index in [0.29, 0.717) is 5.92 Å². The molecule has 2 aromatic heterocycles. The van der Waals surface area contributed by atoms with Gasteiger partial charge in [-0.15, -0.1) is 0 Å². The molecule has 3 N–H and O–H groups in total. The van der Waals surface area contributed by atoms with E-state index in [1.165, 1.54) is 16.7 Å². The third kappa shape index (κ3) is 4.46. The predicted octanol–water partition coefficient (Wildman–Crippen LogP) is 5.54. The second kappa shape index (κ2) is 9.41. The van der Waals surface area contributed by atoms with Crippen molar-refractivity contribution in [2.75, 3.05) is 23.3 Å². The summed E-state index contributed by atoms with van der Waals surface area (Å²) in [4.78, 5) is 27.3. The van der Waals surface area contributed by atoms with Gasteiger partial charge in [0.1, 0.15) is 17.8 Å². The number of rotatable bonds is 4. The molecule has 1 saturated heterocycles. The maximum Gasteiger partial charge on any atom is 0.319 e. The molecule has 6 rings (SSSR count). The number of carbonyl (C=O) groups excluding carboxylic acids is 1. The molecule has 0 radical (unpaired) electrons. The van der Waals surface area contributed by atoms with Crippen molar-refractivity contribution >= 4 is 28.6 Å². The van der Waals surface area contributed by atoms with Gasteiger partial charge in [-0.1, -0.05) is 36.4 Å². The summed E-state index contributed by atoms with van der Waals surface area (Å²) >= 11 is 0. The van der Waals surface area contributed by atoms with Gasteiger partial charge in [0.2, 0.25) is 0 Å². The van der Waals surface area contributed by atoms with E-state index in [0.717, 1.165) is 67.7 Å². The van der Waals surface area contributed by atoms with Gasteiger partial charge in [-0.2, -0.15) is 0 Å². The lowest BCUT2D eigenvalue weighted by Gasteiger charge is -2.34. The summed E-state index contributed by atoms with van der Waals surface area (Å²) in [6.07, 6.45) is 8.91. The van der Waals surface area contributed by atoms with E-state index < -0.39 is 0 Å². The molecule has 1 fully saturated rings. The summed E-state index contributed by atoms with van der Waals surface area (Å²) in [7, 11) is 0. The largest absolute Gasteiger partial charge is 0.355 e. The highest BCUT2D eigenvalue weighted by atomic mass is 16.2. The summed E-state index contributed by atoms with van der Waals surface area (Å²) in [6.45, 7) is 1.88. The van der Waals surface area contributed by atoms with Crippen molar-refractivity contribution < 1.29 is 4.79 Å². The van der Waals surface area contributed by atoms with Gasteiger partial charge in [0.25, 0.3) is 0 Å². The van der Waals surface area contributed by atoms with Crippen molar-refractivity contribution in [1.82, 2.24) is 20.3 Å². The smallest absolute Gasteiger partial charge is 0.319 e. The molecule has 178 valence electrons. The fourth-order valence-electron chi connectivity index (χ4n) is 5.65. The van der Waals surface area contributed by atoms with Gasteiger partial charge in [-0.3, -0.25) is 0 Å². The third-order valence-corrected chi connectivity index (χ3v) is 7.34. The molecule has 35 heavy (non-hydrogen) atoms. The third-order valence-electron chi connectivity index (χ3n) is 7.34. The molecular formula is C28H30N6O. The second-order valence-corrected chi connectivity index (χ2v) is 9.59. The zero-order valence-corrected chi connectivity index (χ0v) is 19.7. The Balaban J connectivity index is 1.14. The number of urea groups is 1. The zero-order chi connectivity index (χ0) is 23.6. The molecule has 2 amide bonds. The van der Waals surface area contributed by atoms with Crippen LogP contribution in [0.1, 0.15) is 54.3 Å². The minimum atomic E-state index is -0.148. The molecule has 2 aromatic carbocycles.